The topological polar surface area (TPSA) is 49.3 Å². The van der Waals surface area contributed by atoms with E-state index in [2.05, 4.69) is 30.7 Å². The third-order valence-corrected chi connectivity index (χ3v) is 5.73. The average Bonchev–Trinajstić information content (AvgIpc) is 2.60. The Balaban J connectivity index is 1.92. The van der Waals surface area contributed by atoms with E-state index in [-0.39, 0.29) is 11.2 Å². The first kappa shape index (κ1) is 20.0. The van der Waals surface area contributed by atoms with Crippen molar-refractivity contribution in [3.05, 3.63) is 17.6 Å². The number of hydrogen-bond acceptors (Lipinski definition) is 5. The Morgan fingerprint density at radius 3 is 2.48 bits per heavy atom. The Hall–Kier alpha value is -1.30. The van der Waals surface area contributed by atoms with Crippen LogP contribution in [0.5, 0.6) is 0 Å². The van der Waals surface area contributed by atoms with Crippen molar-refractivity contribution >= 4 is 23.5 Å². The number of carbonyl (C=O) groups excluding carboxylic acids is 1. The molecule has 5 nitrogen and oxygen atoms in total. The zero-order chi connectivity index (χ0) is 18.4. The molecule has 1 atom stereocenters. The summed E-state index contributed by atoms with van der Waals surface area (Å²) in [6.45, 7) is 13.7. The van der Waals surface area contributed by atoms with Gasteiger partial charge in [-0.15, -0.1) is 11.8 Å². The monoisotopic (exact) mass is 364 g/mol. The van der Waals surface area contributed by atoms with E-state index in [4.69, 9.17) is 4.98 Å². The zero-order valence-electron chi connectivity index (χ0n) is 16.3. The minimum atomic E-state index is 0.0620. The van der Waals surface area contributed by atoms with Gasteiger partial charge in [-0.2, -0.15) is 0 Å². The quantitative estimate of drug-likeness (QED) is 0.693. The lowest BCUT2D eigenvalue weighted by atomic mass is 10.2. The van der Waals surface area contributed by atoms with Crippen molar-refractivity contribution in [1.29, 1.82) is 0 Å². The van der Waals surface area contributed by atoms with Gasteiger partial charge in [-0.25, -0.2) is 9.97 Å². The van der Waals surface area contributed by atoms with E-state index in [1.54, 1.807) is 11.8 Å². The van der Waals surface area contributed by atoms with Crippen LogP contribution in [0.4, 0.5) is 5.82 Å². The van der Waals surface area contributed by atoms with Gasteiger partial charge in [0.05, 0.1) is 5.25 Å². The summed E-state index contributed by atoms with van der Waals surface area (Å²) in [5, 5.41) is 0.0620. The Kier molecular flexibility index (Phi) is 7.54. The maximum Gasteiger partial charge on any atom is 0.235 e. The molecule has 0 N–H and O–H groups in total. The maximum absolute atomic E-state index is 12.6. The van der Waals surface area contributed by atoms with Crippen LogP contribution in [0.2, 0.25) is 0 Å². The molecule has 2 rings (SSSR count). The van der Waals surface area contributed by atoms with Crippen molar-refractivity contribution in [3.63, 3.8) is 0 Å². The number of carbonyl (C=O) groups is 1. The Morgan fingerprint density at radius 1 is 1.20 bits per heavy atom. The number of hydrogen-bond donors (Lipinski definition) is 0. The predicted molar refractivity (Wildman–Crippen MR) is 106 cm³/mol. The van der Waals surface area contributed by atoms with Crippen LogP contribution in [0, 0.1) is 6.92 Å². The van der Waals surface area contributed by atoms with Crippen LogP contribution < -0.4 is 4.90 Å². The zero-order valence-corrected chi connectivity index (χ0v) is 17.1. The van der Waals surface area contributed by atoms with Crippen molar-refractivity contribution < 1.29 is 4.79 Å². The molecular weight excluding hydrogens is 332 g/mol. The number of nitrogens with zero attached hydrogens (tertiary/aromatic N) is 4. The molecule has 1 unspecified atom stereocenters. The highest BCUT2D eigenvalue weighted by Gasteiger charge is 2.26. The first-order valence-electron chi connectivity index (χ1n) is 9.43. The van der Waals surface area contributed by atoms with E-state index >= 15 is 0 Å². The van der Waals surface area contributed by atoms with Crippen molar-refractivity contribution in [2.75, 3.05) is 36.8 Å². The molecule has 1 aromatic rings. The van der Waals surface area contributed by atoms with Crippen molar-refractivity contribution in [1.82, 2.24) is 14.9 Å². The summed E-state index contributed by atoms with van der Waals surface area (Å²) in [6, 6.07) is 2.05. The molecule has 1 aromatic heterocycles. The molecule has 0 spiro atoms. The minimum absolute atomic E-state index is 0.0620. The molecule has 140 valence electrons. The van der Waals surface area contributed by atoms with Crippen LogP contribution >= 0.6 is 11.8 Å². The van der Waals surface area contributed by atoms with Crippen LogP contribution in [-0.2, 0) is 4.79 Å². The van der Waals surface area contributed by atoms with Crippen LogP contribution in [-0.4, -0.2) is 58.0 Å². The van der Waals surface area contributed by atoms with Gasteiger partial charge in [-0.1, -0.05) is 27.2 Å². The largest absolute Gasteiger partial charge is 0.353 e. The fraction of sp³-hybridized carbons (Fsp3) is 0.737. The summed E-state index contributed by atoms with van der Waals surface area (Å²) in [5.41, 5.74) is 1.01. The molecule has 1 fully saturated rings. The molecule has 1 saturated heterocycles. The number of rotatable bonds is 7. The summed E-state index contributed by atoms with van der Waals surface area (Å²) in [6.07, 6.45) is 2.37. The second-order valence-electron chi connectivity index (χ2n) is 7.06. The molecule has 0 aliphatic carbocycles. The first-order valence-corrected chi connectivity index (χ1v) is 10.5. The highest BCUT2D eigenvalue weighted by molar-refractivity contribution is 8.00. The third kappa shape index (κ3) is 5.59. The molecule has 0 saturated carbocycles. The molecule has 0 aromatic carbocycles. The number of anilines is 1. The van der Waals surface area contributed by atoms with Gasteiger partial charge in [0, 0.05) is 43.9 Å². The van der Waals surface area contributed by atoms with Crippen LogP contribution in [0.3, 0.4) is 0 Å². The van der Waals surface area contributed by atoms with Gasteiger partial charge in [0.1, 0.15) is 11.6 Å². The SMILES string of the molecule is CCCCSC(C)C(=O)N1CCN(c2cc(C)nc(C(C)C)n2)CC1. The standard InChI is InChI=1S/C19H32N4OS/c1-6-7-12-25-16(5)19(24)23-10-8-22(9-11-23)17-13-15(4)20-18(21-17)14(2)3/h13-14,16H,6-12H2,1-5H3. The van der Waals surface area contributed by atoms with Gasteiger partial charge in [-0.05, 0) is 26.0 Å². The van der Waals surface area contributed by atoms with Gasteiger partial charge in [-0.3, -0.25) is 4.79 Å². The van der Waals surface area contributed by atoms with Crippen molar-refractivity contribution in [2.45, 2.75) is 58.6 Å². The third-order valence-electron chi connectivity index (χ3n) is 4.50. The fourth-order valence-electron chi connectivity index (χ4n) is 2.88. The van der Waals surface area contributed by atoms with Crippen LogP contribution in [0.15, 0.2) is 6.07 Å². The molecule has 1 amide bonds. The lowest BCUT2D eigenvalue weighted by molar-refractivity contribution is -0.130. The Bertz CT molecular complexity index is 571. The van der Waals surface area contributed by atoms with Crippen LogP contribution in [0.1, 0.15) is 58.0 Å². The molecule has 2 heterocycles. The number of amides is 1. The highest BCUT2D eigenvalue weighted by Crippen LogP contribution is 2.20. The van der Waals surface area contributed by atoms with Gasteiger partial charge in [0.15, 0.2) is 0 Å². The molecule has 25 heavy (non-hydrogen) atoms. The van der Waals surface area contributed by atoms with Gasteiger partial charge >= 0.3 is 0 Å². The van der Waals surface area contributed by atoms with E-state index in [0.717, 1.165) is 49.3 Å². The number of aromatic nitrogens is 2. The van der Waals surface area contributed by atoms with E-state index in [0.29, 0.717) is 5.92 Å². The normalized spacial score (nSPS) is 16.4. The fourth-order valence-corrected chi connectivity index (χ4v) is 3.98. The Labute approximate surface area is 156 Å². The van der Waals surface area contributed by atoms with E-state index in [9.17, 15) is 4.79 Å². The van der Waals surface area contributed by atoms with E-state index in [1.807, 2.05) is 24.8 Å². The number of unbranched alkanes of at least 4 members (excludes halogenated alkanes) is 1. The molecule has 1 aliphatic rings. The van der Waals surface area contributed by atoms with Gasteiger partial charge in [0.25, 0.3) is 0 Å². The summed E-state index contributed by atoms with van der Waals surface area (Å²) in [4.78, 5) is 26.1. The molecule has 1 aliphatic heterocycles. The second-order valence-corrected chi connectivity index (χ2v) is 8.51. The van der Waals surface area contributed by atoms with Gasteiger partial charge in [0.2, 0.25) is 5.91 Å². The van der Waals surface area contributed by atoms with Crippen molar-refractivity contribution in [3.8, 4) is 0 Å². The Morgan fingerprint density at radius 2 is 1.88 bits per heavy atom. The van der Waals surface area contributed by atoms with E-state index in [1.165, 1.54) is 12.8 Å². The highest BCUT2D eigenvalue weighted by atomic mass is 32.2. The summed E-state index contributed by atoms with van der Waals surface area (Å²) in [5.74, 6) is 3.56. The molecule has 0 radical (unpaired) electrons. The lowest BCUT2D eigenvalue weighted by Crippen LogP contribution is -2.51. The predicted octanol–water partition coefficient (Wildman–Crippen LogP) is 3.48. The van der Waals surface area contributed by atoms with E-state index < -0.39 is 0 Å². The number of thioether (sulfide) groups is 1. The minimum Gasteiger partial charge on any atom is -0.353 e. The van der Waals surface area contributed by atoms with Crippen LogP contribution in [0.25, 0.3) is 0 Å². The molecule has 6 heteroatoms. The smallest absolute Gasteiger partial charge is 0.235 e. The summed E-state index contributed by atoms with van der Waals surface area (Å²) < 4.78 is 0. The van der Waals surface area contributed by atoms with Gasteiger partial charge < -0.3 is 9.80 Å². The molecule has 0 bridgehead atoms. The number of aryl methyl sites for hydroxylation is 1. The summed E-state index contributed by atoms with van der Waals surface area (Å²) >= 11 is 1.78. The average molecular weight is 365 g/mol. The maximum atomic E-state index is 12.6. The number of piperazine rings is 1. The van der Waals surface area contributed by atoms with Crippen molar-refractivity contribution in [2.24, 2.45) is 0 Å². The second kappa shape index (κ2) is 9.41. The summed E-state index contributed by atoms with van der Waals surface area (Å²) in [7, 11) is 0. The molecular formula is C19H32N4OS. The first-order chi connectivity index (χ1) is 11.9. The lowest BCUT2D eigenvalue weighted by Gasteiger charge is -2.36.